The Labute approximate surface area is 97.8 Å². The van der Waals surface area contributed by atoms with Gasteiger partial charge in [0.1, 0.15) is 12.2 Å². The van der Waals surface area contributed by atoms with Crippen molar-refractivity contribution in [1.82, 2.24) is 0 Å². The molecule has 5 nitrogen and oxygen atoms in total. The molecule has 90 valence electrons. The van der Waals surface area contributed by atoms with Crippen LogP contribution < -0.4 is 5.32 Å². The number of benzene rings is 1. The summed E-state index contributed by atoms with van der Waals surface area (Å²) in [6.45, 7) is 0. The van der Waals surface area contributed by atoms with Gasteiger partial charge in [-0.2, -0.15) is 5.26 Å². The number of sulfone groups is 1. The standard InChI is InChI=1S/C10H9FN2O3S/c1-17(15,16)9-3-2-7(11)6-8(9)13-10(14)4-5-12/h2-3,6H,4H2,1H3,(H,13,14). The minimum Gasteiger partial charge on any atom is -0.324 e. The Morgan fingerprint density at radius 3 is 2.71 bits per heavy atom. The van der Waals surface area contributed by atoms with Crippen molar-refractivity contribution < 1.29 is 17.6 Å². The highest BCUT2D eigenvalue weighted by molar-refractivity contribution is 7.90. The second-order valence-corrected chi connectivity index (χ2v) is 5.28. The number of rotatable bonds is 3. The predicted octanol–water partition coefficient (Wildman–Crippen LogP) is 1.08. The summed E-state index contributed by atoms with van der Waals surface area (Å²) in [5, 5.41) is 10.5. The number of amides is 1. The third-order valence-corrected chi connectivity index (χ3v) is 3.01. The summed E-state index contributed by atoms with van der Waals surface area (Å²) in [6.07, 6.45) is 0.514. The number of hydrogen-bond acceptors (Lipinski definition) is 4. The largest absolute Gasteiger partial charge is 0.324 e. The molecule has 0 bridgehead atoms. The highest BCUT2D eigenvalue weighted by Crippen LogP contribution is 2.22. The minimum absolute atomic E-state index is 0.159. The first-order valence-electron chi connectivity index (χ1n) is 4.51. The normalized spacial score (nSPS) is 10.6. The zero-order valence-corrected chi connectivity index (χ0v) is 9.71. The van der Waals surface area contributed by atoms with E-state index in [9.17, 15) is 17.6 Å². The van der Waals surface area contributed by atoms with E-state index in [4.69, 9.17) is 5.26 Å². The van der Waals surface area contributed by atoms with E-state index >= 15 is 0 Å². The number of nitriles is 1. The van der Waals surface area contributed by atoms with Gasteiger partial charge in [0.25, 0.3) is 0 Å². The van der Waals surface area contributed by atoms with Crippen LogP contribution in [0, 0.1) is 17.1 Å². The van der Waals surface area contributed by atoms with Crippen molar-refractivity contribution in [2.24, 2.45) is 0 Å². The van der Waals surface area contributed by atoms with Crippen molar-refractivity contribution in [2.45, 2.75) is 11.3 Å². The summed E-state index contributed by atoms with van der Waals surface area (Å²) in [6, 6.07) is 4.54. The maximum absolute atomic E-state index is 13.0. The smallest absolute Gasteiger partial charge is 0.238 e. The molecule has 0 atom stereocenters. The topological polar surface area (TPSA) is 87.0 Å². The summed E-state index contributed by atoms with van der Waals surface area (Å²) in [4.78, 5) is 11.0. The van der Waals surface area contributed by atoms with Gasteiger partial charge in [0, 0.05) is 6.26 Å². The Kier molecular flexibility index (Phi) is 3.81. The number of nitrogens with one attached hydrogen (secondary N) is 1. The van der Waals surface area contributed by atoms with Crippen LogP contribution in [0.5, 0.6) is 0 Å². The van der Waals surface area contributed by atoms with E-state index in [1.165, 1.54) is 0 Å². The molecule has 0 saturated carbocycles. The quantitative estimate of drug-likeness (QED) is 0.820. The van der Waals surface area contributed by atoms with E-state index in [2.05, 4.69) is 5.32 Å². The molecule has 1 aromatic carbocycles. The van der Waals surface area contributed by atoms with Crippen LogP contribution in [-0.2, 0) is 14.6 Å². The number of nitrogens with zero attached hydrogens (tertiary/aromatic N) is 1. The number of carbonyl (C=O) groups is 1. The fourth-order valence-electron chi connectivity index (χ4n) is 1.19. The van der Waals surface area contributed by atoms with Crippen LogP contribution in [0.25, 0.3) is 0 Å². The van der Waals surface area contributed by atoms with Gasteiger partial charge in [0.2, 0.25) is 5.91 Å². The molecular formula is C10H9FN2O3S. The SMILES string of the molecule is CS(=O)(=O)c1ccc(F)cc1NC(=O)CC#N. The Bertz CT molecular complexity index is 590. The second kappa shape index (κ2) is 4.93. The fraction of sp³-hybridized carbons (Fsp3) is 0.200. The summed E-state index contributed by atoms with van der Waals surface area (Å²) in [7, 11) is -3.58. The summed E-state index contributed by atoms with van der Waals surface area (Å²) >= 11 is 0. The molecule has 0 aliphatic heterocycles. The van der Waals surface area contributed by atoms with Gasteiger partial charge in [0.05, 0.1) is 16.7 Å². The van der Waals surface area contributed by atoms with Crippen LogP contribution in [-0.4, -0.2) is 20.6 Å². The van der Waals surface area contributed by atoms with E-state index in [-0.39, 0.29) is 10.6 Å². The van der Waals surface area contributed by atoms with Crippen LogP contribution in [0.1, 0.15) is 6.42 Å². The van der Waals surface area contributed by atoms with E-state index in [1.807, 2.05) is 0 Å². The Hall–Kier alpha value is -1.94. The molecule has 17 heavy (non-hydrogen) atoms. The lowest BCUT2D eigenvalue weighted by Crippen LogP contribution is -2.13. The van der Waals surface area contributed by atoms with Gasteiger partial charge in [-0.1, -0.05) is 0 Å². The molecule has 1 amide bonds. The van der Waals surface area contributed by atoms with E-state index < -0.39 is 28.0 Å². The van der Waals surface area contributed by atoms with Crippen molar-refractivity contribution in [1.29, 1.82) is 5.26 Å². The molecular weight excluding hydrogens is 247 g/mol. The summed E-state index contributed by atoms with van der Waals surface area (Å²) in [5.74, 6) is -1.37. The van der Waals surface area contributed by atoms with Gasteiger partial charge in [-0.25, -0.2) is 12.8 Å². The minimum atomic E-state index is -3.58. The van der Waals surface area contributed by atoms with Crippen molar-refractivity contribution >= 4 is 21.4 Å². The lowest BCUT2D eigenvalue weighted by atomic mass is 10.3. The highest BCUT2D eigenvalue weighted by atomic mass is 32.2. The maximum atomic E-state index is 13.0. The Balaban J connectivity index is 3.18. The Morgan fingerprint density at radius 2 is 2.18 bits per heavy atom. The van der Waals surface area contributed by atoms with Crippen molar-refractivity contribution in [2.75, 3.05) is 11.6 Å². The first-order chi connectivity index (χ1) is 7.84. The fourth-order valence-corrected chi connectivity index (χ4v) is 2.01. The van der Waals surface area contributed by atoms with Crippen LogP contribution in [0.15, 0.2) is 23.1 Å². The average Bonchev–Trinajstić information content (AvgIpc) is 2.15. The number of carbonyl (C=O) groups excluding carboxylic acids is 1. The average molecular weight is 256 g/mol. The first kappa shape index (κ1) is 13.1. The number of anilines is 1. The molecule has 0 saturated heterocycles. The van der Waals surface area contributed by atoms with Gasteiger partial charge in [-0.3, -0.25) is 4.79 Å². The molecule has 0 fully saturated rings. The van der Waals surface area contributed by atoms with Gasteiger partial charge in [-0.15, -0.1) is 0 Å². The molecule has 0 radical (unpaired) electrons. The summed E-state index contributed by atoms with van der Waals surface area (Å²) < 4.78 is 35.7. The third-order valence-electron chi connectivity index (χ3n) is 1.85. The van der Waals surface area contributed by atoms with Gasteiger partial charge < -0.3 is 5.32 Å². The molecule has 0 aliphatic rings. The predicted molar refractivity (Wildman–Crippen MR) is 58.4 cm³/mol. The third kappa shape index (κ3) is 3.53. The highest BCUT2D eigenvalue weighted by Gasteiger charge is 2.15. The molecule has 0 heterocycles. The zero-order valence-electron chi connectivity index (χ0n) is 8.90. The molecule has 0 unspecified atom stereocenters. The van der Waals surface area contributed by atoms with Crippen LogP contribution in [0.2, 0.25) is 0 Å². The van der Waals surface area contributed by atoms with Crippen LogP contribution >= 0.6 is 0 Å². The van der Waals surface area contributed by atoms with Gasteiger partial charge >= 0.3 is 0 Å². The lowest BCUT2D eigenvalue weighted by molar-refractivity contribution is -0.115. The molecule has 7 heteroatoms. The molecule has 1 N–H and O–H groups in total. The molecule has 0 aromatic heterocycles. The number of halogens is 1. The molecule has 0 aliphatic carbocycles. The van der Waals surface area contributed by atoms with Crippen molar-refractivity contribution in [3.8, 4) is 6.07 Å². The van der Waals surface area contributed by atoms with Crippen LogP contribution in [0.4, 0.5) is 10.1 Å². The molecule has 1 aromatic rings. The first-order valence-corrected chi connectivity index (χ1v) is 6.40. The van der Waals surface area contributed by atoms with E-state index in [0.717, 1.165) is 24.5 Å². The van der Waals surface area contributed by atoms with Crippen molar-refractivity contribution in [3.05, 3.63) is 24.0 Å². The maximum Gasteiger partial charge on any atom is 0.238 e. The summed E-state index contributed by atoms with van der Waals surface area (Å²) in [5.41, 5.74) is -0.159. The monoisotopic (exact) mass is 256 g/mol. The molecule has 1 rings (SSSR count). The Morgan fingerprint density at radius 1 is 1.53 bits per heavy atom. The second-order valence-electron chi connectivity index (χ2n) is 3.30. The van der Waals surface area contributed by atoms with E-state index in [1.54, 1.807) is 6.07 Å². The molecule has 0 spiro atoms. The van der Waals surface area contributed by atoms with Crippen LogP contribution in [0.3, 0.4) is 0 Å². The van der Waals surface area contributed by atoms with E-state index in [0.29, 0.717) is 0 Å². The lowest BCUT2D eigenvalue weighted by Gasteiger charge is -2.08. The van der Waals surface area contributed by atoms with Gasteiger partial charge in [-0.05, 0) is 18.2 Å². The number of hydrogen-bond donors (Lipinski definition) is 1. The van der Waals surface area contributed by atoms with Gasteiger partial charge in [0.15, 0.2) is 9.84 Å². The van der Waals surface area contributed by atoms with Crippen molar-refractivity contribution in [3.63, 3.8) is 0 Å². The zero-order chi connectivity index (χ0) is 13.1.